The topological polar surface area (TPSA) is 15.3 Å². The van der Waals surface area contributed by atoms with Crippen LogP contribution in [-0.2, 0) is 0 Å². The lowest BCUT2D eigenvalue weighted by molar-refractivity contribution is 0.262. The first kappa shape index (κ1) is 9.01. The van der Waals surface area contributed by atoms with Crippen molar-refractivity contribution in [2.45, 2.75) is 25.8 Å². The molecule has 2 radical (unpaired) electrons. The number of rotatable bonds is 4. The third-order valence-corrected chi connectivity index (χ3v) is 2.43. The lowest BCUT2D eigenvalue weighted by atomic mass is 10.2. The van der Waals surface area contributed by atoms with Crippen molar-refractivity contribution >= 4 is 0 Å². The number of nitrogens with zero attached hydrogens (tertiary/aromatic N) is 1. The van der Waals surface area contributed by atoms with Gasteiger partial charge in [0, 0.05) is 12.6 Å². The molecule has 1 atom stereocenters. The van der Waals surface area contributed by atoms with Crippen molar-refractivity contribution in [3.63, 3.8) is 0 Å². The molecule has 0 bridgehead atoms. The summed E-state index contributed by atoms with van der Waals surface area (Å²) >= 11 is 0. The predicted octanol–water partition coefficient (Wildman–Crippen LogP) is 0.771. The molecular formula is C9H18N2. The molecule has 1 N–H and O–H groups in total. The van der Waals surface area contributed by atoms with Crippen LogP contribution in [0.5, 0.6) is 0 Å². The van der Waals surface area contributed by atoms with E-state index < -0.39 is 0 Å². The van der Waals surface area contributed by atoms with Crippen molar-refractivity contribution in [2.75, 3.05) is 26.2 Å². The Labute approximate surface area is 70.0 Å². The molecule has 2 nitrogen and oxygen atoms in total. The molecule has 64 valence electrons. The lowest BCUT2D eigenvalue weighted by Crippen LogP contribution is -2.37. The van der Waals surface area contributed by atoms with Crippen molar-refractivity contribution in [2.24, 2.45) is 0 Å². The number of nitrogens with one attached hydrogen (secondary N) is 1. The highest BCUT2D eigenvalue weighted by Crippen LogP contribution is 2.15. The van der Waals surface area contributed by atoms with Crippen LogP contribution in [0.3, 0.4) is 0 Å². The van der Waals surface area contributed by atoms with Gasteiger partial charge in [0.15, 0.2) is 0 Å². The van der Waals surface area contributed by atoms with E-state index in [4.69, 9.17) is 6.92 Å². The molecule has 0 saturated carbocycles. The molecule has 0 aromatic rings. The van der Waals surface area contributed by atoms with Gasteiger partial charge < -0.3 is 5.32 Å². The highest BCUT2D eigenvalue weighted by atomic mass is 15.2. The van der Waals surface area contributed by atoms with Crippen LogP contribution in [0.4, 0.5) is 0 Å². The maximum atomic E-state index is 5.36. The molecule has 0 spiro atoms. The van der Waals surface area contributed by atoms with Gasteiger partial charge in [-0.25, -0.2) is 0 Å². The van der Waals surface area contributed by atoms with E-state index in [0.717, 1.165) is 12.6 Å². The van der Waals surface area contributed by atoms with Gasteiger partial charge in [0.2, 0.25) is 0 Å². The van der Waals surface area contributed by atoms with E-state index in [0.29, 0.717) is 6.54 Å². The highest BCUT2D eigenvalue weighted by molar-refractivity contribution is 4.79. The van der Waals surface area contributed by atoms with Gasteiger partial charge in [0.25, 0.3) is 0 Å². The van der Waals surface area contributed by atoms with E-state index in [9.17, 15) is 0 Å². The van der Waals surface area contributed by atoms with E-state index in [1.165, 1.54) is 25.9 Å². The van der Waals surface area contributed by atoms with Crippen LogP contribution in [0, 0.1) is 6.92 Å². The maximum Gasteiger partial charge on any atom is 0.0220 e. The Morgan fingerprint density at radius 3 is 3.09 bits per heavy atom. The summed E-state index contributed by atoms with van der Waals surface area (Å²) in [7, 11) is 0. The van der Waals surface area contributed by atoms with Gasteiger partial charge >= 0.3 is 0 Å². The van der Waals surface area contributed by atoms with Crippen molar-refractivity contribution in [3.8, 4) is 0 Å². The Hall–Kier alpha value is -0.0800. The molecule has 1 saturated heterocycles. The molecule has 11 heavy (non-hydrogen) atoms. The molecule has 1 rings (SSSR count). The average Bonchev–Trinajstić information content (AvgIpc) is 2.47. The molecule has 2 heteroatoms. The number of likely N-dealkylation sites (tertiary alicyclic amines) is 1. The van der Waals surface area contributed by atoms with Crippen LogP contribution in [0.2, 0.25) is 0 Å². The molecular weight excluding hydrogens is 136 g/mol. The Balaban J connectivity index is 2.20. The first-order valence-electron chi connectivity index (χ1n) is 4.53. The Kier molecular flexibility index (Phi) is 3.87. The summed E-state index contributed by atoms with van der Waals surface area (Å²) in [6.07, 6.45) is 2.69. The number of hydrogen-bond donors (Lipinski definition) is 1. The van der Waals surface area contributed by atoms with E-state index in [1.54, 1.807) is 0 Å². The highest BCUT2D eigenvalue weighted by Gasteiger charge is 2.21. The summed E-state index contributed by atoms with van der Waals surface area (Å²) < 4.78 is 0. The summed E-state index contributed by atoms with van der Waals surface area (Å²) in [5.41, 5.74) is 0. The first-order valence-corrected chi connectivity index (χ1v) is 4.53. The van der Waals surface area contributed by atoms with Gasteiger partial charge in [-0.1, -0.05) is 6.92 Å². The molecule has 0 amide bonds. The summed E-state index contributed by atoms with van der Waals surface area (Å²) in [5.74, 6) is 0. The monoisotopic (exact) mass is 154 g/mol. The standard InChI is InChI=1S/C9H18N2/c1-3-10-8-9-6-5-7-11(9)4-2/h1,9-10H,3-8H2,2H3. The van der Waals surface area contributed by atoms with Crippen molar-refractivity contribution in [1.29, 1.82) is 0 Å². The van der Waals surface area contributed by atoms with Crippen LogP contribution in [0.1, 0.15) is 19.8 Å². The molecule has 1 heterocycles. The normalized spacial score (nSPS) is 26.2. The Morgan fingerprint density at radius 1 is 1.64 bits per heavy atom. The smallest absolute Gasteiger partial charge is 0.0220 e. The molecule has 1 fully saturated rings. The minimum Gasteiger partial charge on any atom is -0.315 e. The third kappa shape index (κ3) is 2.46. The number of likely N-dealkylation sites (N-methyl/N-ethyl adjacent to an activating group) is 1. The summed E-state index contributed by atoms with van der Waals surface area (Å²) in [5, 5.41) is 3.19. The first-order chi connectivity index (χ1) is 5.38. The average molecular weight is 154 g/mol. The second-order valence-electron chi connectivity index (χ2n) is 3.08. The van der Waals surface area contributed by atoms with Crippen LogP contribution in [-0.4, -0.2) is 37.1 Å². The molecule has 1 unspecified atom stereocenters. The van der Waals surface area contributed by atoms with Crippen molar-refractivity contribution in [3.05, 3.63) is 6.92 Å². The van der Waals surface area contributed by atoms with Gasteiger partial charge in [-0.05, 0) is 39.4 Å². The second-order valence-corrected chi connectivity index (χ2v) is 3.08. The fraction of sp³-hybridized carbons (Fsp3) is 0.889. The van der Waals surface area contributed by atoms with Crippen LogP contribution >= 0.6 is 0 Å². The Bertz CT molecular complexity index is 104. The predicted molar refractivity (Wildman–Crippen MR) is 47.4 cm³/mol. The van der Waals surface area contributed by atoms with E-state index in [1.807, 2.05) is 0 Å². The summed E-state index contributed by atoms with van der Waals surface area (Å²) in [4.78, 5) is 2.52. The zero-order valence-electron chi connectivity index (χ0n) is 7.34. The van der Waals surface area contributed by atoms with Gasteiger partial charge in [-0.2, -0.15) is 0 Å². The molecule has 1 aliphatic rings. The largest absolute Gasteiger partial charge is 0.315 e. The maximum absolute atomic E-state index is 5.36. The van der Waals surface area contributed by atoms with Crippen molar-refractivity contribution < 1.29 is 0 Å². The SMILES string of the molecule is [CH]CNCC1CCCN1CC. The van der Waals surface area contributed by atoms with Crippen LogP contribution in [0.15, 0.2) is 0 Å². The summed E-state index contributed by atoms with van der Waals surface area (Å²) in [6.45, 7) is 11.7. The fourth-order valence-corrected chi connectivity index (χ4v) is 1.79. The zero-order valence-corrected chi connectivity index (χ0v) is 7.34. The fourth-order valence-electron chi connectivity index (χ4n) is 1.79. The van der Waals surface area contributed by atoms with Crippen molar-refractivity contribution in [1.82, 2.24) is 10.2 Å². The zero-order chi connectivity index (χ0) is 8.10. The molecule has 1 aliphatic heterocycles. The quantitative estimate of drug-likeness (QED) is 0.643. The van der Waals surface area contributed by atoms with E-state index >= 15 is 0 Å². The van der Waals surface area contributed by atoms with Crippen LogP contribution < -0.4 is 5.32 Å². The van der Waals surface area contributed by atoms with Gasteiger partial charge in [-0.3, -0.25) is 4.90 Å². The molecule has 0 aromatic carbocycles. The lowest BCUT2D eigenvalue weighted by Gasteiger charge is -2.22. The van der Waals surface area contributed by atoms with Crippen LogP contribution in [0.25, 0.3) is 0 Å². The van der Waals surface area contributed by atoms with Gasteiger partial charge in [0.1, 0.15) is 0 Å². The van der Waals surface area contributed by atoms with Gasteiger partial charge in [-0.15, -0.1) is 0 Å². The molecule has 0 aliphatic carbocycles. The molecule has 0 aromatic heterocycles. The number of hydrogen-bond acceptors (Lipinski definition) is 2. The minimum absolute atomic E-state index is 0.605. The Morgan fingerprint density at radius 2 is 2.45 bits per heavy atom. The second kappa shape index (κ2) is 4.73. The third-order valence-electron chi connectivity index (χ3n) is 2.43. The van der Waals surface area contributed by atoms with E-state index in [2.05, 4.69) is 17.1 Å². The minimum atomic E-state index is 0.605. The summed E-state index contributed by atoms with van der Waals surface area (Å²) in [6, 6.07) is 0.739. The van der Waals surface area contributed by atoms with Gasteiger partial charge in [0.05, 0.1) is 0 Å². The van der Waals surface area contributed by atoms with E-state index in [-0.39, 0.29) is 0 Å².